The van der Waals surface area contributed by atoms with Crippen LogP contribution in [0.15, 0.2) is 18.2 Å². The zero-order valence-electron chi connectivity index (χ0n) is 12.2. The first-order valence-electron chi connectivity index (χ1n) is 7.58. The topological polar surface area (TPSA) is 29.9 Å². The molecule has 0 aliphatic carbocycles. The van der Waals surface area contributed by atoms with Gasteiger partial charge in [-0.3, -0.25) is 0 Å². The lowest BCUT2D eigenvalue weighted by Gasteiger charge is -2.28. The zero-order valence-corrected chi connectivity index (χ0v) is 13.0. The van der Waals surface area contributed by atoms with Crippen LogP contribution in [0.25, 0.3) is 11.0 Å². The number of nitrogens with one attached hydrogen (secondary N) is 1. The van der Waals surface area contributed by atoms with Gasteiger partial charge in [0.15, 0.2) is 0 Å². The summed E-state index contributed by atoms with van der Waals surface area (Å²) in [6.07, 6.45) is 3.47. The van der Waals surface area contributed by atoms with E-state index >= 15 is 0 Å². The van der Waals surface area contributed by atoms with Gasteiger partial charge < -0.3 is 9.88 Å². The summed E-state index contributed by atoms with van der Waals surface area (Å²) >= 11 is 6.11. The van der Waals surface area contributed by atoms with Gasteiger partial charge in [0.1, 0.15) is 5.82 Å². The molecular formula is C16H22ClN3. The molecule has 2 heterocycles. The predicted molar refractivity (Wildman–Crippen MR) is 84.5 cm³/mol. The highest BCUT2D eigenvalue weighted by Gasteiger charge is 2.25. The molecule has 0 amide bonds. The Kier molecular flexibility index (Phi) is 3.99. The molecule has 1 aliphatic heterocycles. The fraction of sp³-hybridized carbons (Fsp3) is 0.562. The Morgan fingerprint density at radius 1 is 1.45 bits per heavy atom. The number of hydrogen-bond acceptors (Lipinski definition) is 2. The summed E-state index contributed by atoms with van der Waals surface area (Å²) in [4.78, 5) is 4.90. The Bertz CT molecular complexity index is 605. The smallest absolute Gasteiger partial charge is 0.113 e. The highest BCUT2D eigenvalue weighted by molar-refractivity contribution is 6.31. The Morgan fingerprint density at radius 3 is 3.05 bits per heavy atom. The van der Waals surface area contributed by atoms with E-state index in [2.05, 4.69) is 29.8 Å². The van der Waals surface area contributed by atoms with Crippen LogP contribution >= 0.6 is 11.6 Å². The molecule has 1 saturated heterocycles. The van der Waals surface area contributed by atoms with Gasteiger partial charge in [-0.05, 0) is 50.9 Å². The summed E-state index contributed by atoms with van der Waals surface area (Å²) in [5, 5.41) is 4.29. The molecule has 20 heavy (non-hydrogen) atoms. The number of fused-ring (bicyclic) bond motifs is 1. The average molecular weight is 292 g/mol. The lowest BCUT2D eigenvalue weighted by Crippen LogP contribution is -2.35. The fourth-order valence-corrected chi connectivity index (χ4v) is 3.42. The first-order valence-corrected chi connectivity index (χ1v) is 7.96. The average Bonchev–Trinajstić information content (AvgIpc) is 2.77. The summed E-state index contributed by atoms with van der Waals surface area (Å²) in [7, 11) is 0. The summed E-state index contributed by atoms with van der Waals surface area (Å²) in [6.45, 7) is 6.60. The fourth-order valence-electron chi connectivity index (χ4n) is 3.26. The maximum Gasteiger partial charge on any atom is 0.113 e. The molecule has 0 saturated carbocycles. The number of imidazole rings is 1. The van der Waals surface area contributed by atoms with Crippen LogP contribution in [0.3, 0.4) is 0 Å². The van der Waals surface area contributed by atoms with Gasteiger partial charge in [-0.15, -0.1) is 0 Å². The Balaban J connectivity index is 2.06. The first kappa shape index (κ1) is 13.9. The maximum absolute atomic E-state index is 6.11. The molecule has 1 aromatic carbocycles. The van der Waals surface area contributed by atoms with Gasteiger partial charge >= 0.3 is 0 Å². The van der Waals surface area contributed by atoms with E-state index in [1.807, 2.05) is 12.1 Å². The minimum atomic E-state index is 0.559. The Hall–Kier alpha value is -1.06. The molecule has 3 nitrogen and oxygen atoms in total. The van der Waals surface area contributed by atoms with Crippen molar-refractivity contribution < 1.29 is 0 Å². The van der Waals surface area contributed by atoms with Crippen LogP contribution in [0.4, 0.5) is 0 Å². The first-order chi connectivity index (χ1) is 9.69. The zero-order chi connectivity index (χ0) is 14.1. The highest BCUT2D eigenvalue weighted by Crippen LogP contribution is 2.31. The van der Waals surface area contributed by atoms with Crippen molar-refractivity contribution in [2.75, 3.05) is 6.54 Å². The van der Waals surface area contributed by atoms with Crippen molar-refractivity contribution in [2.24, 2.45) is 0 Å². The molecule has 108 valence electrons. The number of benzene rings is 1. The van der Waals surface area contributed by atoms with Crippen molar-refractivity contribution in [3.8, 4) is 0 Å². The SMILES string of the molecule is CCCn1c(C2CCNC(C)C2)nc2cc(Cl)ccc21. The maximum atomic E-state index is 6.11. The number of aryl methyl sites for hydroxylation is 1. The van der Waals surface area contributed by atoms with Crippen LogP contribution < -0.4 is 5.32 Å². The number of halogens is 1. The van der Waals surface area contributed by atoms with E-state index in [1.165, 1.54) is 24.2 Å². The Morgan fingerprint density at radius 2 is 2.30 bits per heavy atom. The number of nitrogens with zero attached hydrogens (tertiary/aromatic N) is 2. The van der Waals surface area contributed by atoms with Gasteiger partial charge in [0.05, 0.1) is 11.0 Å². The molecule has 0 radical (unpaired) electrons. The van der Waals surface area contributed by atoms with Crippen LogP contribution in [0.5, 0.6) is 0 Å². The van der Waals surface area contributed by atoms with Crippen LogP contribution in [0.2, 0.25) is 5.02 Å². The molecule has 4 heteroatoms. The monoisotopic (exact) mass is 291 g/mol. The quantitative estimate of drug-likeness (QED) is 0.928. The third kappa shape index (κ3) is 2.57. The Labute approximate surface area is 125 Å². The highest BCUT2D eigenvalue weighted by atomic mass is 35.5. The molecule has 0 spiro atoms. The summed E-state index contributed by atoms with van der Waals surface area (Å²) in [5.74, 6) is 1.81. The third-order valence-electron chi connectivity index (χ3n) is 4.18. The number of piperidine rings is 1. The molecule has 1 aliphatic rings. The van der Waals surface area contributed by atoms with Crippen LogP contribution in [-0.2, 0) is 6.54 Å². The normalized spacial score (nSPS) is 23.4. The van der Waals surface area contributed by atoms with Crippen molar-refractivity contribution >= 4 is 22.6 Å². The summed E-state index contributed by atoms with van der Waals surface area (Å²) in [5.41, 5.74) is 2.25. The van der Waals surface area contributed by atoms with Gasteiger partial charge in [0.25, 0.3) is 0 Å². The van der Waals surface area contributed by atoms with E-state index in [-0.39, 0.29) is 0 Å². The van der Waals surface area contributed by atoms with Crippen LogP contribution in [0.1, 0.15) is 44.9 Å². The van der Waals surface area contributed by atoms with Gasteiger partial charge in [-0.2, -0.15) is 0 Å². The van der Waals surface area contributed by atoms with E-state index in [4.69, 9.17) is 16.6 Å². The van der Waals surface area contributed by atoms with E-state index in [1.54, 1.807) is 0 Å². The molecule has 1 fully saturated rings. The van der Waals surface area contributed by atoms with Crippen LogP contribution in [-0.4, -0.2) is 22.1 Å². The van der Waals surface area contributed by atoms with E-state index in [0.29, 0.717) is 12.0 Å². The predicted octanol–water partition coefficient (Wildman–Crippen LogP) is 3.96. The second kappa shape index (κ2) is 5.74. The van der Waals surface area contributed by atoms with Crippen molar-refractivity contribution in [2.45, 2.75) is 51.6 Å². The van der Waals surface area contributed by atoms with Gasteiger partial charge in [-0.25, -0.2) is 4.98 Å². The molecule has 2 unspecified atom stereocenters. The lowest BCUT2D eigenvalue weighted by molar-refractivity contribution is 0.364. The van der Waals surface area contributed by atoms with Crippen molar-refractivity contribution in [1.29, 1.82) is 0 Å². The minimum absolute atomic E-state index is 0.559. The molecule has 2 atom stereocenters. The summed E-state index contributed by atoms with van der Waals surface area (Å²) in [6, 6.07) is 6.63. The summed E-state index contributed by atoms with van der Waals surface area (Å²) < 4.78 is 2.40. The third-order valence-corrected chi connectivity index (χ3v) is 4.41. The van der Waals surface area contributed by atoms with Crippen molar-refractivity contribution in [3.63, 3.8) is 0 Å². The number of aromatic nitrogens is 2. The van der Waals surface area contributed by atoms with Crippen LogP contribution in [0, 0.1) is 0 Å². The number of hydrogen-bond donors (Lipinski definition) is 1. The number of rotatable bonds is 3. The molecule has 0 bridgehead atoms. The molecule has 3 rings (SSSR count). The van der Waals surface area contributed by atoms with E-state index in [9.17, 15) is 0 Å². The largest absolute Gasteiger partial charge is 0.328 e. The molecule has 1 N–H and O–H groups in total. The second-order valence-electron chi connectivity index (χ2n) is 5.83. The van der Waals surface area contributed by atoms with Gasteiger partial charge in [0.2, 0.25) is 0 Å². The standard InChI is InChI=1S/C16H22ClN3/c1-3-8-20-15-5-4-13(17)10-14(15)19-16(20)12-6-7-18-11(2)9-12/h4-5,10-12,18H,3,6-9H2,1-2H3. The molecular weight excluding hydrogens is 270 g/mol. The van der Waals surface area contributed by atoms with Crippen molar-refractivity contribution in [3.05, 3.63) is 29.0 Å². The van der Waals surface area contributed by atoms with E-state index < -0.39 is 0 Å². The molecule has 2 aromatic rings. The van der Waals surface area contributed by atoms with Gasteiger partial charge in [-0.1, -0.05) is 18.5 Å². The second-order valence-corrected chi connectivity index (χ2v) is 6.27. The minimum Gasteiger partial charge on any atom is -0.328 e. The van der Waals surface area contributed by atoms with Crippen molar-refractivity contribution in [1.82, 2.24) is 14.9 Å². The van der Waals surface area contributed by atoms with E-state index in [0.717, 1.165) is 30.0 Å². The van der Waals surface area contributed by atoms with Gasteiger partial charge in [0, 0.05) is 23.5 Å². The lowest BCUT2D eigenvalue weighted by atomic mass is 9.92. The molecule has 1 aromatic heterocycles.